The molecule has 164 valence electrons. The van der Waals surface area contributed by atoms with Crippen molar-refractivity contribution in [1.82, 2.24) is 9.62 Å². The van der Waals surface area contributed by atoms with Crippen LogP contribution in [0.4, 0.5) is 5.69 Å². The molecular formula is C20H27N3O6S. The van der Waals surface area contributed by atoms with Gasteiger partial charge in [-0.3, -0.25) is 9.59 Å². The lowest BCUT2D eigenvalue weighted by atomic mass is 10.2. The van der Waals surface area contributed by atoms with Crippen molar-refractivity contribution in [3.8, 4) is 5.75 Å². The molecule has 2 rings (SSSR count). The predicted octanol–water partition coefficient (Wildman–Crippen LogP) is 2.47. The van der Waals surface area contributed by atoms with Crippen molar-refractivity contribution in [2.24, 2.45) is 0 Å². The van der Waals surface area contributed by atoms with E-state index in [1.165, 1.54) is 35.7 Å². The second-order valence-corrected chi connectivity index (χ2v) is 8.25. The van der Waals surface area contributed by atoms with E-state index in [9.17, 15) is 18.0 Å². The summed E-state index contributed by atoms with van der Waals surface area (Å²) < 4.78 is 37.8. The summed E-state index contributed by atoms with van der Waals surface area (Å²) in [4.78, 5) is 24.5. The van der Waals surface area contributed by atoms with Crippen LogP contribution in [0.3, 0.4) is 0 Å². The zero-order chi connectivity index (χ0) is 22.3. The Kier molecular flexibility index (Phi) is 8.01. The quantitative estimate of drug-likeness (QED) is 0.590. The van der Waals surface area contributed by atoms with Crippen LogP contribution < -0.4 is 15.4 Å². The minimum absolute atomic E-state index is 0.0295. The Morgan fingerprint density at radius 1 is 1.17 bits per heavy atom. The van der Waals surface area contributed by atoms with Crippen molar-refractivity contribution in [3.05, 3.63) is 42.4 Å². The van der Waals surface area contributed by atoms with E-state index in [1.54, 1.807) is 32.9 Å². The first kappa shape index (κ1) is 23.4. The predicted molar refractivity (Wildman–Crippen MR) is 112 cm³/mol. The first-order valence-corrected chi connectivity index (χ1v) is 11.1. The number of anilines is 1. The summed E-state index contributed by atoms with van der Waals surface area (Å²) in [6.07, 6.45) is 1.36. The number of furan rings is 1. The van der Waals surface area contributed by atoms with E-state index < -0.39 is 27.9 Å². The van der Waals surface area contributed by atoms with Crippen LogP contribution in [0, 0.1) is 0 Å². The Morgan fingerprint density at radius 3 is 2.43 bits per heavy atom. The van der Waals surface area contributed by atoms with E-state index in [0.717, 1.165) is 0 Å². The molecule has 1 atom stereocenters. The van der Waals surface area contributed by atoms with Gasteiger partial charge < -0.3 is 19.8 Å². The number of ether oxygens (including phenoxy) is 1. The van der Waals surface area contributed by atoms with E-state index in [-0.39, 0.29) is 22.1 Å². The highest BCUT2D eigenvalue weighted by atomic mass is 32.2. The number of rotatable bonds is 10. The summed E-state index contributed by atoms with van der Waals surface area (Å²) in [7, 11) is -3.81. The van der Waals surface area contributed by atoms with Gasteiger partial charge in [-0.05, 0) is 44.2 Å². The highest BCUT2D eigenvalue weighted by Crippen LogP contribution is 2.30. The molecule has 0 fully saturated rings. The lowest BCUT2D eigenvalue weighted by Crippen LogP contribution is -2.41. The fourth-order valence-corrected chi connectivity index (χ4v) is 4.37. The standard InChI is InChI=1S/C20H27N3O6S/c1-5-23(6-2)30(26,27)18-13-15(10-11-16(18)28-7-3)22-19(24)14(4)21-20(25)17-9-8-12-29-17/h8-14H,5-7H2,1-4H3,(H,21,25)(H,22,24)/t14-/m0/s1. The largest absolute Gasteiger partial charge is 0.492 e. The molecule has 30 heavy (non-hydrogen) atoms. The van der Waals surface area contributed by atoms with Gasteiger partial charge in [-0.1, -0.05) is 13.8 Å². The smallest absolute Gasteiger partial charge is 0.287 e. The fourth-order valence-electron chi connectivity index (χ4n) is 2.76. The highest BCUT2D eigenvalue weighted by Gasteiger charge is 2.27. The van der Waals surface area contributed by atoms with Crippen LogP contribution in [0.1, 0.15) is 38.2 Å². The van der Waals surface area contributed by atoms with E-state index in [1.807, 2.05) is 0 Å². The molecule has 2 N–H and O–H groups in total. The fraction of sp³-hybridized carbons (Fsp3) is 0.400. The van der Waals surface area contributed by atoms with Gasteiger partial charge in [-0.15, -0.1) is 0 Å². The summed E-state index contributed by atoms with van der Waals surface area (Å²) in [5, 5.41) is 5.15. The number of nitrogens with zero attached hydrogens (tertiary/aromatic N) is 1. The molecular weight excluding hydrogens is 410 g/mol. The molecule has 10 heteroatoms. The van der Waals surface area contributed by atoms with Crippen LogP contribution in [0.2, 0.25) is 0 Å². The van der Waals surface area contributed by atoms with Crippen LogP contribution in [-0.4, -0.2) is 50.3 Å². The number of amides is 2. The monoisotopic (exact) mass is 437 g/mol. The number of carbonyl (C=O) groups excluding carboxylic acids is 2. The Hall–Kier alpha value is -2.85. The topological polar surface area (TPSA) is 118 Å². The van der Waals surface area contributed by atoms with Gasteiger partial charge in [0.1, 0.15) is 16.7 Å². The molecule has 0 bridgehead atoms. The average molecular weight is 438 g/mol. The molecule has 0 spiro atoms. The summed E-state index contributed by atoms with van der Waals surface area (Å²) in [5.74, 6) is -0.741. The molecule has 0 aliphatic rings. The maximum Gasteiger partial charge on any atom is 0.287 e. The highest BCUT2D eigenvalue weighted by molar-refractivity contribution is 7.89. The molecule has 1 aromatic heterocycles. The Balaban J connectivity index is 2.23. The molecule has 0 saturated heterocycles. The molecule has 0 unspecified atom stereocenters. The number of benzene rings is 1. The van der Waals surface area contributed by atoms with Crippen LogP contribution in [0.25, 0.3) is 0 Å². The lowest BCUT2D eigenvalue weighted by Gasteiger charge is -2.21. The van der Waals surface area contributed by atoms with Crippen LogP contribution in [-0.2, 0) is 14.8 Å². The number of hydrogen-bond donors (Lipinski definition) is 2. The molecule has 0 aliphatic heterocycles. The molecule has 1 heterocycles. The van der Waals surface area contributed by atoms with Crippen LogP contribution in [0.15, 0.2) is 45.9 Å². The van der Waals surface area contributed by atoms with Gasteiger partial charge >= 0.3 is 0 Å². The van der Waals surface area contributed by atoms with E-state index in [0.29, 0.717) is 19.7 Å². The third kappa shape index (κ3) is 5.39. The van der Waals surface area contributed by atoms with Gasteiger partial charge in [0.15, 0.2) is 5.76 Å². The molecule has 0 saturated carbocycles. The minimum Gasteiger partial charge on any atom is -0.492 e. The van der Waals surface area contributed by atoms with Gasteiger partial charge in [-0.2, -0.15) is 4.31 Å². The maximum absolute atomic E-state index is 13.0. The zero-order valence-electron chi connectivity index (χ0n) is 17.5. The van der Waals surface area contributed by atoms with E-state index >= 15 is 0 Å². The second-order valence-electron chi connectivity index (χ2n) is 6.35. The number of nitrogens with one attached hydrogen (secondary N) is 2. The Morgan fingerprint density at radius 2 is 1.87 bits per heavy atom. The van der Waals surface area contributed by atoms with Crippen molar-refractivity contribution >= 4 is 27.5 Å². The summed E-state index contributed by atoms with van der Waals surface area (Å²) in [6, 6.07) is 6.58. The Labute approximate surface area is 176 Å². The van der Waals surface area contributed by atoms with Crippen molar-refractivity contribution in [3.63, 3.8) is 0 Å². The summed E-state index contributed by atoms with van der Waals surface area (Å²) in [6.45, 7) is 7.66. The average Bonchev–Trinajstić information content (AvgIpc) is 3.25. The SMILES string of the molecule is CCOc1ccc(NC(=O)[C@H](C)NC(=O)c2ccco2)cc1S(=O)(=O)N(CC)CC. The van der Waals surface area contributed by atoms with Gasteiger partial charge in [0.2, 0.25) is 15.9 Å². The summed E-state index contributed by atoms with van der Waals surface area (Å²) in [5.41, 5.74) is 0.272. The van der Waals surface area contributed by atoms with Crippen LogP contribution >= 0.6 is 0 Å². The van der Waals surface area contributed by atoms with Crippen molar-refractivity contribution < 1.29 is 27.2 Å². The minimum atomic E-state index is -3.81. The molecule has 1 aromatic carbocycles. The van der Waals surface area contributed by atoms with Crippen molar-refractivity contribution in [1.29, 1.82) is 0 Å². The number of sulfonamides is 1. The first-order chi connectivity index (χ1) is 14.2. The third-order valence-electron chi connectivity index (χ3n) is 4.32. The van der Waals surface area contributed by atoms with E-state index in [4.69, 9.17) is 9.15 Å². The van der Waals surface area contributed by atoms with Gasteiger partial charge in [0.25, 0.3) is 5.91 Å². The number of hydrogen-bond acceptors (Lipinski definition) is 6. The first-order valence-electron chi connectivity index (χ1n) is 9.66. The molecule has 9 nitrogen and oxygen atoms in total. The normalized spacial score (nSPS) is 12.4. The van der Waals surface area contributed by atoms with E-state index in [2.05, 4.69) is 10.6 Å². The van der Waals surface area contributed by atoms with Crippen LogP contribution in [0.5, 0.6) is 5.75 Å². The molecule has 2 amide bonds. The lowest BCUT2D eigenvalue weighted by molar-refractivity contribution is -0.117. The second kappa shape index (κ2) is 10.3. The third-order valence-corrected chi connectivity index (χ3v) is 6.39. The molecule has 0 radical (unpaired) electrons. The van der Waals surface area contributed by atoms with Crippen molar-refractivity contribution in [2.75, 3.05) is 25.0 Å². The maximum atomic E-state index is 13.0. The summed E-state index contributed by atoms with van der Waals surface area (Å²) >= 11 is 0. The van der Waals surface area contributed by atoms with Crippen molar-refractivity contribution in [2.45, 2.75) is 38.6 Å². The van der Waals surface area contributed by atoms with Gasteiger partial charge in [0, 0.05) is 18.8 Å². The zero-order valence-corrected chi connectivity index (χ0v) is 18.3. The number of carbonyl (C=O) groups is 2. The van der Waals surface area contributed by atoms with Gasteiger partial charge in [0.05, 0.1) is 12.9 Å². The molecule has 2 aromatic rings. The van der Waals surface area contributed by atoms with Gasteiger partial charge in [-0.25, -0.2) is 8.42 Å². The Bertz CT molecular complexity index is 968. The molecule has 0 aliphatic carbocycles.